The van der Waals surface area contributed by atoms with Crippen LogP contribution in [0.15, 0.2) is 54.6 Å². The predicted octanol–water partition coefficient (Wildman–Crippen LogP) is 6.65. The van der Waals surface area contributed by atoms with Crippen LogP contribution >= 0.6 is 11.3 Å². The average molecular weight is 484 g/mol. The summed E-state index contributed by atoms with van der Waals surface area (Å²) in [6.45, 7) is 6.17. The molecule has 0 aliphatic carbocycles. The van der Waals surface area contributed by atoms with Gasteiger partial charge in [0.2, 0.25) is 0 Å². The molecule has 1 aromatic carbocycles. The van der Waals surface area contributed by atoms with Crippen LogP contribution in [0.25, 0.3) is 0 Å². The van der Waals surface area contributed by atoms with Crippen molar-refractivity contribution in [2.75, 3.05) is 12.4 Å². The van der Waals surface area contributed by atoms with E-state index < -0.39 is 22.7 Å². The van der Waals surface area contributed by atoms with E-state index in [9.17, 15) is 22.8 Å². The van der Waals surface area contributed by atoms with Crippen LogP contribution in [0.2, 0.25) is 0 Å². The SMILES string of the molecule is C/C=C\CC/C=C\CC=O.CC.CNc1nc(C(F)(F)F)c(C(=O)NCc2ccccc2)s1. The van der Waals surface area contributed by atoms with Crippen LogP contribution in [0, 0.1) is 0 Å². The van der Waals surface area contributed by atoms with Gasteiger partial charge in [0, 0.05) is 20.0 Å². The molecule has 9 heteroatoms. The Morgan fingerprint density at radius 1 is 1.09 bits per heavy atom. The molecule has 2 rings (SSSR count). The lowest BCUT2D eigenvalue weighted by Gasteiger charge is -2.07. The number of hydrogen-bond acceptors (Lipinski definition) is 5. The van der Waals surface area contributed by atoms with Gasteiger partial charge in [-0.2, -0.15) is 13.2 Å². The molecule has 0 atom stereocenters. The third-order valence-corrected chi connectivity index (χ3v) is 4.82. The molecule has 0 bridgehead atoms. The molecule has 0 aliphatic rings. The number of alkyl halides is 3. The minimum absolute atomic E-state index is 0.0483. The summed E-state index contributed by atoms with van der Waals surface area (Å²) in [7, 11) is 1.45. The summed E-state index contributed by atoms with van der Waals surface area (Å²) < 4.78 is 38.6. The number of aromatic nitrogens is 1. The van der Waals surface area contributed by atoms with E-state index in [4.69, 9.17) is 0 Å². The van der Waals surface area contributed by atoms with Gasteiger partial charge >= 0.3 is 6.18 Å². The van der Waals surface area contributed by atoms with Crippen LogP contribution in [-0.4, -0.2) is 24.2 Å². The molecule has 0 unspecified atom stereocenters. The van der Waals surface area contributed by atoms with Crippen LogP contribution in [0.3, 0.4) is 0 Å². The van der Waals surface area contributed by atoms with E-state index >= 15 is 0 Å². The largest absolute Gasteiger partial charge is 0.435 e. The van der Waals surface area contributed by atoms with Crippen molar-refractivity contribution in [3.63, 3.8) is 0 Å². The first kappa shape index (κ1) is 30.1. The predicted molar refractivity (Wildman–Crippen MR) is 129 cm³/mol. The lowest BCUT2D eigenvalue weighted by atomic mass is 10.2. The molecule has 0 spiro atoms. The number of thiazole rings is 1. The quantitative estimate of drug-likeness (QED) is 0.238. The number of anilines is 1. The molecule has 1 aromatic heterocycles. The van der Waals surface area contributed by atoms with E-state index in [0.29, 0.717) is 17.8 Å². The van der Waals surface area contributed by atoms with Crippen molar-refractivity contribution < 1.29 is 22.8 Å². The normalized spacial score (nSPS) is 10.8. The van der Waals surface area contributed by atoms with Crippen molar-refractivity contribution in [1.82, 2.24) is 10.3 Å². The van der Waals surface area contributed by atoms with E-state index in [2.05, 4.69) is 21.7 Å². The van der Waals surface area contributed by atoms with Crippen LogP contribution < -0.4 is 10.6 Å². The highest BCUT2D eigenvalue weighted by Gasteiger charge is 2.39. The van der Waals surface area contributed by atoms with Gasteiger partial charge in [0.1, 0.15) is 11.2 Å². The summed E-state index contributed by atoms with van der Waals surface area (Å²) in [6, 6.07) is 8.94. The molecule has 1 amide bonds. The second-order valence-corrected chi connectivity index (χ2v) is 7.13. The number of hydrogen-bond donors (Lipinski definition) is 2. The fourth-order valence-electron chi connectivity index (χ4n) is 2.26. The first-order valence-electron chi connectivity index (χ1n) is 10.6. The summed E-state index contributed by atoms with van der Waals surface area (Å²) in [5.74, 6) is -0.787. The van der Waals surface area contributed by atoms with Crippen LogP contribution in [0.1, 0.15) is 61.0 Å². The third-order valence-electron chi connectivity index (χ3n) is 3.75. The van der Waals surface area contributed by atoms with Gasteiger partial charge in [0.25, 0.3) is 5.91 Å². The van der Waals surface area contributed by atoms with Gasteiger partial charge in [-0.3, -0.25) is 4.79 Å². The van der Waals surface area contributed by atoms with Crippen molar-refractivity contribution in [2.45, 2.75) is 52.8 Å². The number of carbonyl (C=O) groups excluding carboxylic acids is 2. The Balaban J connectivity index is 0.000000722. The molecule has 2 aromatic rings. The highest BCUT2D eigenvalue weighted by Crippen LogP contribution is 2.35. The number of benzene rings is 1. The van der Waals surface area contributed by atoms with E-state index in [-0.39, 0.29) is 11.7 Å². The zero-order valence-corrected chi connectivity index (χ0v) is 20.2. The zero-order chi connectivity index (χ0) is 25.1. The minimum atomic E-state index is -4.66. The minimum Gasteiger partial charge on any atom is -0.365 e. The van der Waals surface area contributed by atoms with Gasteiger partial charge in [-0.25, -0.2) is 4.98 Å². The number of halogens is 3. The molecule has 0 aliphatic heterocycles. The standard InChI is InChI=1S/C13H12F3N3OS.C9H14O.C2H6/c1-17-12-19-10(13(14,15)16)9(21-12)11(20)18-7-8-5-3-2-4-6-8;1-2-3-4-5-6-7-8-9-10;1-2/h2-6H,7H2,1H3,(H,17,19)(H,18,20);2-3,6-7,9H,4-5,8H2,1H3;1-2H3/b;3-2-,7-6-;. The molecular formula is C24H32F3N3O2S. The molecular weight excluding hydrogens is 451 g/mol. The van der Waals surface area contributed by atoms with Crippen molar-refractivity contribution in [2.24, 2.45) is 0 Å². The molecule has 5 nitrogen and oxygen atoms in total. The molecule has 0 saturated carbocycles. The monoisotopic (exact) mass is 483 g/mol. The number of nitrogens with zero attached hydrogens (tertiary/aromatic N) is 1. The number of unbranched alkanes of at least 4 members (excludes halogenated alkanes) is 1. The first-order chi connectivity index (χ1) is 15.8. The van der Waals surface area contributed by atoms with Gasteiger partial charge in [-0.15, -0.1) is 0 Å². The highest BCUT2D eigenvalue weighted by atomic mass is 32.1. The molecule has 1 heterocycles. The number of carbonyl (C=O) groups is 2. The van der Waals surface area contributed by atoms with Crippen molar-refractivity contribution in [1.29, 1.82) is 0 Å². The Labute approximate surface area is 197 Å². The second-order valence-electron chi connectivity index (χ2n) is 6.13. The Hall–Kier alpha value is -2.94. The Morgan fingerprint density at radius 3 is 2.27 bits per heavy atom. The summed E-state index contributed by atoms with van der Waals surface area (Å²) in [5.41, 5.74) is -0.361. The van der Waals surface area contributed by atoms with Crippen molar-refractivity contribution in [3.05, 3.63) is 70.8 Å². The number of aldehydes is 1. The topological polar surface area (TPSA) is 71.1 Å². The molecule has 182 valence electrons. The van der Waals surface area contributed by atoms with Gasteiger partial charge in [0.15, 0.2) is 10.8 Å². The summed E-state index contributed by atoms with van der Waals surface area (Å²) in [5, 5.41) is 5.03. The number of allylic oxidation sites excluding steroid dienone is 4. The molecule has 0 saturated heterocycles. The van der Waals surface area contributed by atoms with Gasteiger partial charge < -0.3 is 15.4 Å². The van der Waals surface area contributed by atoms with E-state index in [0.717, 1.165) is 24.7 Å². The second kappa shape index (κ2) is 17.6. The lowest BCUT2D eigenvalue weighted by Crippen LogP contribution is -2.24. The van der Waals surface area contributed by atoms with Gasteiger partial charge in [0.05, 0.1) is 0 Å². The van der Waals surface area contributed by atoms with Crippen LogP contribution in [0.5, 0.6) is 0 Å². The number of amides is 1. The smallest absolute Gasteiger partial charge is 0.365 e. The fourth-order valence-corrected chi connectivity index (χ4v) is 3.12. The number of nitrogens with one attached hydrogen (secondary N) is 2. The Bertz CT molecular complexity index is 864. The maximum atomic E-state index is 12.9. The van der Waals surface area contributed by atoms with Gasteiger partial charge in [-0.1, -0.05) is 79.8 Å². The number of rotatable bonds is 9. The molecule has 0 fully saturated rings. The lowest BCUT2D eigenvalue weighted by molar-refractivity contribution is -0.141. The van der Waals surface area contributed by atoms with Crippen molar-refractivity contribution >= 4 is 28.7 Å². The summed E-state index contributed by atoms with van der Waals surface area (Å²) in [4.78, 5) is 24.7. The molecule has 2 N–H and O–H groups in total. The third kappa shape index (κ3) is 12.6. The average Bonchev–Trinajstić information content (AvgIpc) is 3.28. The van der Waals surface area contributed by atoms with Crippen LogP contribution in [0.4, 0.5) is 18.3 Å². The maximum Gasteiger partial charge on any atom is 0.435 e. The molecule has 33 heavy (non-hydrogen) atoms. The zero-order valence-electron chi connectivity index (χ0n) is 19.4. The summed E-state index contributed by atoms with van der Waals surface area (Å²) in [6.07, 6.45) is 7.00. The maximum absolute atomic E-state index is 12.9. The fraction of sp³-hybridized carbons (Fsp3) is 0.375. The van der Waals surface area contributed by atoms with Crippen molar-refractivity contribution in [3.8, 4) is 0 Å². The Kier molecular flexibility index (Phi) is 16.0. The van der Waals surface area contributed by atoms with E-state index in [1.54, 1.807) is 24.3 Å². The van der Waals surface area contributed by atoms with E-state index in [1.165, 1.54) is 7.05 Å². The first-order valence-corrected chi connectivity index (χ1v) is 11.4. The van der Waals surface area contributed by atoms with E-state index in [1.807, 2.05) is 45.1 Å². The Morgan fingerprint density at radius 2 is 1.73 bits per heavy atom. The van der Waals surface area contributed by atoms with Gasteiger partial charge in [-0.05, 0) is 25.3 Å². The summed E-state index contributed by atoms with van der Waals surface area (Å²) >= 11 is 0.675. The van der Waals surface area contributed by atoms with Crippen LogP contribution in [-0.2, 0) is 17.5 Å². The molecule has 0 radical (unpaired) electrons. The highest BCUT2D eigenvalue weighted by molar-refractivity contribution is 7.17.